The normalized spacial score (nSPS) is 15.0. The summed E-state index contributed by atoms with van der Waals surface area (Å²) in [5, 5.41) is 2.61. The van der Waals surface area contributed by atoms with Crippen LogP contribution in [0.25, 0.3) is 11.1 Å². The van der Waals surface area contributed by atoms with Crippen LogP contribution in [0.3, 0.4) is 0 Å². The van der Waals surface area contributed by atoms with Crippen LogP contribution in [-0.4, -0.2) is 24.7 Å². The average molecular weight is 519 g/mol. The van der Waals surface area contributed by atoms with Crippen LogP contribution in [-0.2, 0) is 14.3 Å². The number of nitrogens with one attached hydrogen (secondary N) is 1. The Kier molecular flexibility index (Phi) is 11.7. The zero-order chi connectivity index (χ0) is 27.4. The molecule has 0 radical (unpaired) electrons. The Morgan fingerprint density at radius 1 is 1.14 bits per heavy atom. The largest absolute Gasteiger partial charge is 0.466 e. The topological polar surface area (TPSA) is 81.4 Å². The molecule has 2 rings (SSSR count). The fraction of sp³-hybridized carbons (Fsp3) is 0.448. The number of unbranched alkanes of at least 4 members (excludes halogenated alkanes) is 4. The van der Waals surface area contributed by atoms with Crippen molar-refractivity contribution in [2.24, 2.45) is 5.73 Å². The highest BCUT2D eigenvalue weighted by atomic mass is 19.4. The third kappa shape index (κ3) is 8.95. The maximum absolute atomic E-state index is 14.1. The van der Waals surface area contributed by atoms with Gasteiger partial charge in [-0.25, -0.2) is 0 Å². The van der Waals surface area contributed by atoms with Crippen molar-refractivity contribution >= 4 is 28.7 Å². The van der Waals surface area contributed by atoms with Gasteiger partial charge in [-0.05, 0) is 62.8 Å². The van der Waals surface area contributed by atoms with Crippen LogP contribution < -0.4 is 11.1 Å². The van der Waals surface area contributed by atoms with Crippen molar-refractivity contribution in [2.45, 2.75) is 78.3 Å². The van der Waals surface area contributed by atoms with Gasteiger partial charge in [0.15, 0.2) is 0 Å². The molecule has 1 aromatic carbocycles. The second kappa shape index (κ2) is 14.4. The predicted octanol–water partition coefficient (Wildman–Crippen LogP) is 7.46. The summed E-state index contributed by atoms with van der Waals surface area (Å²) in [5.74, 6) is -0.697. The van der Waals surface area contributed by atoms with E-state index in [9.17, 15) is 22.8 Å². The van der Waals surface area contributed by atoms with E-state index in [1.54, 1.807) is 19.1 Å². The summed E-state index contributed by atoms with van der Waals surface area (Å²) in [6, 6.07) is 4.77. The first kappa shape index (κ1) is 29.9. The number of amides is 1. The van der Waals surface area contributed by atoms with Gasteiger partial charge in [0, 0.05) is 29.8 Å². The third-order valence-electron chi connectivity index (χ3n) is 6.13. The minimum atomic E-state index is -4.63. The molecule has 3 N–H and O–H groups in total. The molecule has 0 saturated carbocycles. The summed E-state index contributed by atoms with van der Waals surface area (Å²) < 4.78 is 47.3. The number of esters is 1. The molecule has 1 heterocycles. The first-order valence-electron chi connectivity index (χ1n) is 12.7. The lowest BCUT2D eigenvalue weighted by Gasteiger charge is -2.22. The SMILES string of the molecule is C\C=C/C=C(C)/C(N)=C(\CCCCCCCC(=O)OCC)c1cccc2c1C(C(F)(F)F)=CCC(=O)N2. The van der Waals surface area contributed by atoms with E-state index in [0.717, 1.165) is 37.3 Å². The lowest BCUT2D eigenvalue weighted by atomic mass is 9.87. The van der Waals surface area contributed by atoms with Crippen LogP contribution in [0.2, 0.25) is 0 Å². The zero-order valence-electron chi connectivity index (χ0n) is 21.8. The van der Waals surface area contributed by atoms with Gasteiger partial charge < -0.3 is 15.8 Å². The van der Waals surface area contributed by atoms with Gasteiger partial charge >= 0.3 is 12.1 Å². The number of hydrogen-bond donors (Lipinski definition) is 2. The van der Waals surface area contributed by atoms with Gasteiger partial charge in [-0.1, -0.05) is 55.7 Å². The van der Waals surface area contributed by atoms with Crippen molar-refractivity contribution in [1.82, 2.24) is 0 Å². The van der Waals surface area contributed by atoms with Gasteiger partial charge in [0.1, 0.15) is 0 Å². The Hall–Kier alpha value is -3.29. The smallest absolute Gasteiger partial charge is 0.416 e. The maximum atomic E-state index is 14.1. The fourth-order valence-corrected chi connectivity index (χ4v) is 4.27. The molecular weight excluding hydrogens is 481 g/mol. The summed E-state index contributed by atoms with van der Waals surface area (Å²) in [4.78, 5) is 23.6. The number of benzene rings is 1. The Bertz CT molecular complexity index is 1080. The highest BCUT2D eigenvalue weighted by molar-refractivity contribution is 6.01. The molecule has 8 heteroatoms. The number of nitrogens with two attached hydrogens (primary N) is 1. The molecule has 0 spiro atoms. The Balaban J connectivity index is 2.37. The standard InChI is InChI=1S/C29H37F3N2O3/c1-4-6-13-20(3)28(33)22(14-10-8-7-9-11-17-26(36)37-5-2)21-15-12-16-24-27(21)23(29(30,31)32)18-19-25(35)34-24/h4,6,12-13,15-16,18H,5,7-11,14,17,19,33H2,1-3H3,(H,34,35)/b6-4-,20-13+,28-22-. The van der Waals surface area contributed by atoms with Gasteiger partial charge in [0.25, 0.3) is 0 Å². The summed E-state index contributed by atoms with van der Waals surface area (Å²) in [7, 11) is 0. The minimum absolute atomic E-state index is 0.0490. The van der Waals surface area contributed by atoms with E-state index in [-0.39, 0.29) is 23.6 Å². The maximum Gasteiger partial charge on any atom is 0.416 e. The molecule has 0 fully saturated rings. The predicted molar refractivity (Wildman–Crippen MR) is 142 cm³/mol. The number of rotatable bonds is 12. The quantitative estimate of drug-likeness (QED) is 0.171. The molecule has 1 aromatic rings. The lowest BCUT2D eigenvalue weighted by molar-refractivity contribution is -0.143. The zero-order valence-corrected chi connectivity index (χ0v) is 21.8. The molecule has 1 amide bonds. The van der Waals surface area contributed by atoms with Crippen molar-refractivity contribution in [3.05, 3.63) is 64.9 Å². The van der Waals surface area contributed by atoms with Crippen molar-refractivity contribution < 1.29 is 27.5 Å². The summed E-state index contributed by atoms with van der Waals surface area (Å²) in [5.41, 5.74) is 7.95. The van der Waals surface area contributed by atoms with E-state index in [1.165, 1.54) is 6.07 Å². The second-order valence-electron chi connectivity index (χ2n) is 8.94. The number of halogens is 3. The highest BCUT2D eigenvalue weighted by Gasteiger charge is 2.38. The molecule has 5 nitrogen and oxygen atoms in total. The molecule has 0 bridgehead atoms. The van der Waals surface area contributed by atoms with Crippen LogP contribution >= 0.6 is 0 Å². The lowest BCUT2D eigenvalue weighted by Crippen LogP contribution is -2.15. The minimum Gasteiger partial charge on any atom is -0.466 e. The highest BCUT2D eigenvalue weighted by Crippen LogP contribution is 2.44. The van der Waals surface area contributed by atoms with Gasteiger partial charge in [0.05, 0.1) is 12.2 Å². The van der Waals surface area contributed by atoms with Crippen molar-refractivity contribution in [3.63, 3.8) is 0 Å². The second-order valence-corrected chi connectivity index (χ2v) is 8.94. The van der Waals surface area contributed by atoms with Crippen molar-refractivity contribution in [2.75, 3.05) is 11.9 Å². The molecule has 0 saturated heterocycles. The number of carbonyl (C=O) groups is 2. The average Bonchev–Trinajstić information content (AvgIpc) is 3.02. The first-order chi connectivity index (χ1) is 17.6. The van der Waals surface area contributed by atoms with Gasteiger partial charge in [-0.2, -0.15) is 13.2 Å². The van der Waals surface area contributed by atoms with Crippen molar-refractivity contribution in [3.8, 4) is 0 Å². The van der Waals surface area contributed by atoms with Crippen LogP contribution in [0.1, 0.15) is 83.3 Å². The molecule has 0 atom stereocenters. The Morgan fingerprint density at radius 2 is 1.81 bits per heavy atom. The van der Waals surface area contributed by atoms with Gasteiger partial charge in [0.2, 0.25) is 5.91 Å². The summed E-state index contributed by atoms with van der Waals surface area (Å²) in [6.07, 6.45) is 6.36. The van der Waals surface area contributed by atoms with Crippen LogP contribution in [0, 0.1) is 0 Å². The van der Waals surface area contributed by atoms with E-state index in [2.05, 4.69) is 5.32 Å². The summed E-state index contributed by atoms with van der Waals surface area (Å²) >= 11 is 0. The number of hydrogen-bond acceptors (Lipinski definition) is 4. The van der Waals surface area contributed by atoms with Crippen molar-refractivity contribution in [1.29, 1.82) is 0 Å². The number of ether oxygens (including phenoxy) is 1. The molecule has 37 heavy (non-hydrogen) atoms. The number of fused-ring (bicyclic) bond motifs is 1. The Labute approximate surface area is 217 Å². The molecule has 0 aliphatic carbocycles. The first-order valence-corrected chi connectivity index (χ1v) is 12.7. The van der Waals surface area contributed by atoms with Gasteiger partial charge in [-0.15, -0.1) is 0 Å². The fourth-order valence-electron chi connectivity index (χ4n) is 4.27. The van der Waals surface area contributed by atoms with E-state index >= 15 is 0 Å². The molecule has 202 valence electrons. The Morgan fingerprint density at radius 3 is 2.46 bits per heavy atom. The van der Waals surface area contributed by atoms with Gasteiger partial charge in [-0.3, -0.25) is 9.59 Å². The van der Waals surface area contributed by atoms with Crippen LogP contribution in [0.4, 0.5) is 18.9 Å². The van der Waals surface area contributed by atoms with Crippen LogP contribution in [0.15, 0.2) is 53.8 Å². The monoisotopic (exact) mass is 518 g/mol. The number of anilines is 1. The molecule has 1 aliphatic heterocycles. The van der Waals surface area contributed by atoms with E-state index in [1.807, 2.05) is 32.1 Å². The molecule has 0 aromatic heterocycles. The number of allylic oxidation sites excluding steroid dienone is 6. The van der Waals surface area contributed by atoms with E-state index in [4.69, 9.17) is 10.5 Å². The molecule has 0 unspecified atom stereocenters. The summed E-state index contributed by atoms with van der Waals surface area (Å²) in [6.45, 7) is 5.84. The molecular formula is C29H37F3N2O3. The number of alkyl halides is 3. The van der Waals surface area contributed by atoms with E-state index in [0.29, 0.717) is 42.7 Å². The van der Waals surface area contributed by atoms with Crippen LogP contribution in [0.5, 0.6) is 0 Å². The number of carbonyl (C=O) groups excluding carboxylic acids is 2. The molecule has 1 aliphatic rings. The van der Waals surface area contributed by atoms with E-state index < -0.39 is 17.7 Å². The third-order valence-corrected chi connectivity index (χ3v) is 6.13.